The average Bonchev–Trinajstić information content (AvgIpc) is 2.16. The summed E-state index contributed by atoms with van der Waals surface area (Å²) in [6.07, 6.45) is -0.236. The fraction of sp³-hybridized carbons (Fsp3) is 1.00. The molecule has 0 bridgehead atoms. The van der Waals surface area contributed by atoms with Gasteiger partial charge in [0.25, 0.3) is 10.1 Å². The largest absolute Gasteiger partial charge is 0.390 e. The molecule has 0 aromatic rings. The lowest BCUT2D eigenvalue weighted by Gasteiger charge is -2.12. The molecule has 0 heterocycles. The molecule has 7 heteroatoms. The first-order valence-corrected chi connectivity index (χ1v) is 6.30. The highest BCUT2D eigenvalue weighted by Crippen LogP contribution is 2.02. The van der Waals surface area contributed by atoms with Crippen molar-refractivity contribution in [1.82, 2.24) is 0 Å². The van der Waals surface area contributed by atoms with Crippen LogP contribution in [-0.4, -0.2) is 43.9 Å². The average molecular weight is 242 g/mol. The minimum Gasteiger partial charge on any atom is -0.390 e. The lowest BCUT2D eigenvalue weighted by Crippen LogP contribution is -2.27. The molecule has 0 aliphatic rings. The predicted molar refractivity (Wildman–Crippen MR) is 53.8 cm³/mol. The molecule has 6 nitrogen and oxygen atoms in total. The van der Waals surface area contributed by atoms with Crippen LogP contribution in [0.5, 0.6) is 0 Å². The van der Waals surface area contributed by atoms with Crippen LogP contribution in [0.15, 0.2) is 0 Å². The van der Waals surface area contributed by atoms with Crippen molar-refractivity contribution in [3.63, 3.8) is 0 Å². The van der Waals surface area contributed by atoms with Crippen molar-refractivity contribution in [2.24, 2.45) is 5.92 Å². The maximum absolute atomic E-state index is 10.7. The number of hydrogen-bond acceptors (Lipinski definition) is 6. The van der Waals surface area contributed by atoms with Gasteiger partial charge in [-0.1, -0.05) is 20.3 Å². The van der Waals surface area contributed by atoms with Gasteiger partial charge in [0.15, 0.2) is 0 Å². The van der Waals surface area contributed by atoms with Gasteiger partial charge in [-0.3, -0.25) is 0 Å². The van der Waals surface area contributed by atoms with Crippen molar-refractivity contribution in [3.8, 4) is 0 Å². The van der Waals surface area contributed by atoms with Crippen LogP contribution in [0, 0.1) is 5.92 Å². The highest BCUT2D eigenvalue weighted by atomic mass is 32.2. The Balaban J connectivity index is 3.71. The Bertz CT molecular complexity index is 250. The van der Waals surface area contributed by atoms with Gasteiger partial charge in [-0.15, -0.1) is 4.33 Å². The van der Waals surface area contributed by atoms with Crippen molar-refractivity contribution in [2.75, 3.05) is 19.0 Å². The molecule has 0 aromatic carbocycles. The molecule has 0 aliphatic carbocycles. The molecular formula is C8H18O6S. The first-order chi connectivity index (χ1) is 6.91. The molecule has 0 fully saturated rings. The van der Waals surface area contributed by atoms with E-state index < -0.39 is 22.0 Å². The molecule has 0 aromatic heterocycles. The lowest BCUT2D eigenvalue weighted by atomic mass is 10.1. The second-order valence-electron chi connectivity index (χ2n) is 3.50. The summed E-state index contributed by atoms with van der Waals surface area (Å²) < 4.78 is 29.7. The van der Waals surface area contributed by atoms with Crippen LogP contribution in [0.1, 0.15) is 20.3 Å². The number of aliphatic hydroxyl groups is 1. The van der Waals surface area contributed by atoms with Gasteiger partial charge in [-0.25, -0.2) is 5.26 Å². The molecule has 0 aliphatic heterocycles. The van der Waals surface area contributed by atoms with Crippen LogP contribution >= 0.6 is 0 Å². The molecule has 0 saturated carbocycles. The number of ether oxygens (including phenoxy) is 1. The minimum atomic E-state index is -4.05. The van der Waals surface area contributed by atoms with Crippen LogP contribution in [0.3, 0.4) is 0 Å². The summed E-state index contributed by atoms with van der Waals surface area (Å²) in [6.45, 7) is 4.37. The Labute approximate surface area is 89.9 Å². The van der Waals surface area contributed by atoms with Crippen molar-refractivity contribution in [3.05, 3.63) is 0 Å². The Kier molecular flexibility index (Phi) is 7.03. The zero-order valence-corrected chi connectivity index (χ0v) is 9.74. The third-order valence-electron chi connectivity index (χ3n) is 1.92. The molecule has 0 amide bonds. The standard InChI is InChI=1S/C8H18O6S/c1-3-7(2)4-13-5-8(9)6-15(11,12)14-10/h7-10H,3-6H2,1-2H3. The van der Waals surface area contributed by atoms with E-state index in [2.05, 4.69) is 4.33 Å². The monoisotopic (exact) mass is 242 g/mol. The quantitative estimate of drug-likeness (QED) is 0.467. The van der Waals surface area contributed by atoms with E-state index in [0.717, 1.165) is 6.42 Å². The maximum atomic E-state index is 10.7. The summed E-state index contributed by atoms with van der Waals surface area (Å²) in [5, 5.41) is 17.2. The van der Waals surface area contributed by atoms with Crippen LogP contribution in [0.25, 0.3) is 0 Å². The summed E-state index contributed by atoms with van der Waals surface area (Å²) in [5.74, 6) is -0.313. The molecular weight excluding hydrogens is 224 g/mol. The van der Waals surface area contributed by atoms with E-state index in [1.807, 2.05) is 13.8 Å². The van der Waals surface area contributed by atoms with E-state index in [9.17, 15) is 13.5 Å². The van der Waals surface area contributed by atoms with E-state index >= 15 is 0 Å². The first kappa shape index (κ1) is 14.8. The van der Waals surface area contributed by atoms with Crippen molar-refractivity contribution in [2.45, 2.75) is 26.4 Å². The van der Waals surface area contributed by atoms with Gasteiger partial charge in [0.2, 0.25) is 0 Å². The summed E-state index contributed by atoms with van der Waals surface area (Å²) in [7, 11) is -4.05. The Hall–Kier alpha value is -0.210. The summed E-state index contributed by atoms with van der Waals surface area (Å²) >= 11 is 0. The summed E-state index contributed by atoms with van der Waals surface area (Å²) in [6, 6.07) is 0. The third kappa shape index (κ3) is 7.69. The van der Waals surface area contributed by atoms with Crippen molar-refractivity contribution in [1.29, 1.82) is 0 Å². The van der Waals surface area contributed by atoms with E-state index in [4.69, 9.17) is 9.99 Å². The van der Waals surface area contributed by atoms with Gasteiger partial charge in [0.1, 0.15) is 5.75 Å². The number of rotatable bonds is 8. The second-order valence-corrected chi connectivity index (χ2v) is 5.10. The highest BCUT2D eigenvalue weighted by Gasteiger charge is 2.18. The van der Waals surface area contributed by atoms with E-state index in [1.165, 1.54) is 0 Å². The normalized spacial score (nSPS) is 16.3. The predicted octanol–water partition coefficient (Wildman–Crippen LogP) is 0.229. The van der Waals surface area contributed by atoms with Gasteiger partial charge in [-0.05, 0) is 5.92 Å². The zero-order chi connectivity index (χ0) is 11.9. The maximum Gasteiger partial charge on any atom is 0.295 e. The molecule has 0 saturated heterocycles. The van der Waals surface area contributed by atoms with Crippen LogP contribution in [0.2, 0.25) is 0 Å². The van der Waals surface area contributed by atoms with Gasteiger partial charge >= 0.3 is 0 Å². The number of aliphatic hydroxyl groups excluding tert-OH is 1. The third-order valence-corrected chi connectivity index (χ3v) is 2.94. The Morgan fingerprint density at radius 2 is 1.93 bits per heavy atom. The topological polar surface area (TPSA) is 93.1 Å². The molecule has 92 valence electrons. The molecule has 15 heavy (non-hydrogen) atoms. The SMILES string of the molecule is CCC(C)COCC(O)CS(=O)(=O)OO. The van der Waals surface area contributed by atoms with E-state index in [1.54, 1.807) is 0 Å². The smallest absolute Gasteiger partial charge is 0.295 e. The van der Waals surface area contributed by atoms with Gasteiger partial charge < -0.3 is 9.84 Å². The van der Waals surface area contributed by atoms with Gasteiger partial charge in [0.05, 0.1) is 12.7 Å². The molecule has 2 N–H and O–H groups in total. The molecule has 2 atom stereocenters. The summed E-state index contributed by atoms with van der Waals surface area (Å²) in [5.41, 5.74) is 0. The van der Waals surface area contributed by atoms with E-state index in [0.29, 0.717) is 12.5 Å². The van der Waals surface area contributed by atoms with Crippen LogP contribution < -0.4 is 0 Å². The molecule has 0 rings (SSSR count). The Morgan fingerprint density at radius 1 is 1.33 bits per heavy atom. The number of hydrogen-bond donors (Lipinski definition) is 2. The summed E-state index contributed by atoms with van der Waals surface area (Å²) in [4.78, 5) is 0. The van der Waals surface area contributed by atoms with Gasteiger partial charge in [-0.2, -0.15) is 8.42 Å². The highest BCUT2D eigenvalue weighted by molar-refractivity contribution is 7.86. The van der Waals surface area contributed by atoms with E-state index in [-0.39, 0.29) is 6.61 Å². The lowest BCUT2D eigenvalue weighted by molar-refractivity contribution is -0.131. The van der Waals surface area contributed by atoms with Crippen LogP contribution in [-0.2, 0) is 19.2 Å². The Morgan fingerprint density at radius 3 is 2.40 bits per heavy atom. The van der Waals surface area contributed by atoms with Gasteiger partial charge in [0, 0.05) is 6.61 Å². The van der Waals surface area contributed by atoms with Crippen molar-refractivity contribution >= 4 is 10.1 Å². The van der Waals surface area contributed by atoms with Crippen LogP contribution in [0.4, 0.5) is 0 Å². The second kappa shape index (κ2) is 7.13. The minimum absolute atomic E-state index is 0.0903. The molecule has 0 spiro atoms. The van der Waals surface area contributed by atoms with Crippen molar-refractivity contribution < 1.29 is 27.9 Å². The fourth-order valence-electron chi connectivity index (χ4n) is 0.837. The fourth-order valence-corrected chi connectivity index (χ4v) is 1.47. The molecule has 0 radical (unpaired) electrons. The first-order valence-electron chi connectivity index (χ1n) is 4.72. The zero-order valence-electron chi connectivity index (χ0n) is 8.92. The molecule has 2 unspecified atom stereocenters.